The minimum atomic E-state index is -0.497. The number of benzene rings is 1. The summed E-state index contributed by atoms with van der Waals surface area (Å²) in [6.45, 7) is 0.424. The maximum absolute atomic E-state index is 13.1. The lowest BCUT2D eigenvalue weighted by Crippen LogP contribution is -2.51. The van der Waals surface area contributed by atoms with Gasteiger partial charge in [0, 0.05) is 18.3 Å². The van der Waals surface area contributed by atoms with Crippen molar-refractivity contribution in [3.8, 4) is 11.4 Å². The summed E-state index contributed by atoms with van der Waals surface area (Å²) in [5, 5.41) is 21.0. The van der Waals surface area contributed by atoms with Crippen LogP contribution in [0.3, 0.4) is 0 Å². The topological polar surface area (TPSA) is 102 Å². The summed E-state index contributed by atoms with van der Waals surface area (Å²) in [7, 11) is 0. The Morgan fingerprint density at radius 2 is 2.03 bits per heavy atom. The maximum Gasteiger partial charge on any atom is 0.251 e. The van der Waals surface area contributed by atoms with Crippen LogP contribution in [-0.4, -0.2) is 55.8 Å². The van der Waals surface area contributed by atoms with Gasteiger partial charge in [0.2, 0.25) is 0 Å². The van der Waals surface area contributed by atoms with E-state index in [0.29, 0.717) is 30.6 Å². The van der Waals surface area contributed by atoms with Gasteiger partial charge in [-0.25, -0.2) is 4.39 Å². The van der Waals surface area contributed by atoms with Crippen LogP contribution in [-0.2, 0) is 11.3 Å². The van der Waals surface area contributed by atoms with E-state index < -0.39 is 11.9 Å². The molecule has 1 saturated heterocycles. The first kappa shape index (κ1) is 21.1. The van der Waals surface area contributed by atoms with Crippen LogP contribution in [0.1, 0.15) is 29.6 Å². The standard InChI is InChI=1S/C22H24FN5O3/c23-16-6-4-15(5-7-16)22(30)25-19-9-8-17(31-21(19)14-29)10-12-28-13-20(26-27-28)18-3-1-2-11-24-18/h1-7,11,13,17,19,21,29H,8-10,12,14H2,(H,25,30)/t17-,19+,21+/m1/s1. The molecular weight excluding hydrogens is 401 g/mol. The van der Waals surface area contributed by atoms with Gasteiger partial charge in [-0.3, -0.25) is 14.5 Å². The first-order valence-corrected chi connectivity index (χ1v) is 10.3. The lowest BCUT2D eigenvalue weighted by Gasteiger charge is -2.36. The number of pyridine rings is 1. The van der Waals surface area contributed by atoms with Gasteiger partial charge in [0.25, 0.3) is 5.91 Å². The summed E-state index contributed by atoms with van der Waals surface area (Å²) in [6, 6.07) is 10.7. The van der Waals surface area contributed by atoms with Crippen LogP contribution in [0.5, 0.6) is 0 Å². The monoisotopic (exact) mass is 425 g/mol. The van der Waals surface area contributed by atoms with E-state index in [0.717, 1.165) is 12.1 Å². The van der Waals surface area contributed by atoms with Crippen LogP contribution in [0, 0.1) is 5.82 Å². The second kappa shape index (κ2) is 9.76. The number of aliphatic hydroxyl groups excluding tert-OH is 1. The van der Waals surface area contributed by atoms with E-state index in [-0.39, 0.29) is 24.7 Å². The fourth-order valence-electron chi connectivity index (χ4n) is 3.68. The molecule has 0 saturated carbocycles. The fourth-order valence-corrected chi connectivity index (χ4v) is 3.68. The highest BCUT2D eigenvalue weighted by molar-refractivity contribution is 5.94. The minimum absolute atomic E-state index is 0.0568. The summed E-state index contributed by atoms with van der Waals surface area (Å²) >= 11 is 0. The molecule has 0 aliphatic carbocycles. The van der Waals surface area contributed by atoms with Crippen molar-refractivity contribution in [3.05, 3.63) is 66.2 Å². The number of aryl methyl sites for hydroxylation is 1. The van der Waals surface area contributed by atoms with Crippen LogP contribution in [0.25, 0.3) is 11.4 Å². The van der Waals surface area contributed by atoms with Crippen molar-refractivity contribution in [3.63, 3.8) is 0 Å². The number of carbonyl (C=O) groups excluding carboxylic acids is 1. The zero-order chi connectivity index (χ0) is 21.6. The highest BCUT2D eigenvalue weighted by atomic mass is 19.1. The van der Waals surface area contributed by atoms with Crippen molar-refractivity contribution in [2.45, 2.75) is 44.1 Å². The van der Waals surface area contributed by atoms with Crippen molar-refractivity contribution in [2.24, 2.45) is 0 Å². The molecule has 1 amide bonds. The smallest absolute Gasteiger partial charge is 0.251 e. The van der Waals surface area contributed by atoms with Crippen molar-refractivity contribution in [1.29, 1.82) is 0 Å². The largest absolute Gasteiger partial charge is 0.394 e. The molecule has 1 aromatic carbocycles. The van der Waals surface area contributed by atoms with Gasteiger partial charge in [0.1, 0.15) is 17.6 Å². The number of nitrogens with zero attached hydrogens (tertiary/aromatic N) is 4. The number of carbonyl (C=O) groups is 1. The summed E-state index contributed by atoms with van der Waals surface area (Å²) in [4.78, 5) is 16.7. The maximum atomic E-state index is 13.1. The highest BCUT2D eigenvalue weighted by Gasteiger charge is 2.32. The van der Waals surface area contributed by atoms with Crippen molar-refractivity contribution >= 4 is 5.91 Å². The molecule has 2 aromatic heterocycles. The van der Waals surface area contributed by atoms with E-state index in [9.17, 15) is 14.3 Å². The number of amides is 1. The molecule has 1 fully saturated rings. The average molecular weight is 425 g/mol. The number of ether oxygens (including phenoxy) is 1. The second-order valence-electron chi connectivity index (χ2n) is 7.51. The van der Waals surface area contributed by atoms with Gasteiger partial charge in [0.05, 0.1) is 30.6 Å². The first-order valence-electron chi connectivity index (χ1n) is 10.3. The molecule has 0 bridgehead atoms. The third-order valence-electron chi connectivity index (χ3n) is 5.36. The van der Waals surface area contributed by atoms with E-state index >= 15 is 0 Å². The van der Waals surface area contributed by atoms with E-state index in [2.05, 4.69) is 20.6 Å². The molecule has 9 heteroatoms. The molecule has 4 rings (SSSR count). The zero-order valence-corrected chi connectivity index (χ0v) is 16.9. The third kappa shape index (κ3) is 5.31. The predicted octanol–water partition coefficient (Wildman–Crippen LogP) is 2.21. The number of nitrogens with one attached hydrogen (secondary N) is 1. The Morgan fingerprint density at radius 3 is 2.77 bits per heavy atom. The Labute approximate surface area is 179 Å². The Balaban J connectivity index is 1.29. The summed E-state index contributed by atoms with van der Waals surface area (Å²) in [5.41, 5.74) is 1.85. The predicted molar refractivity (Wildman–Crippen MR) is 111 cm³/mol. The van der Waals surface area contributed by atoms with E-state index in [4.69, 9.17) is 4.74 Å². The van der Waals surface area contributed by atoms with Gasteiger partial charge in [-0.05, 0) is 55.7 Å². The van der Waals surface area contributed by atoms with Crippen LogP contribution < -0.4 is 5.32 Å². The van der Waals surface area contributed by atoms with Crippen LogP contribution >= 0.6 is 0 Å². The molecule has 3 aromatic rings. The van der Waals surface area contributed by atoms with Gasteiger partial charge in [0.15, 0.2) is 0 Å². The van der Waals surface area contributed by atoms with Crippen LogP contribution in [0.15, 0.2) is 54.9 Å². The lowest BCUT2D eigenvalue weighted by atomic mass is 9.96. The van der Waals surface area contributed by atoms with Gasteiger partial charge < -0.3 is 15.2 Å². The number of rotatable bonds is 7. The third-order valence-corrected chi connectivity index (χ3v) is 5.36. The molecular formula is C22H24FN5O3. The molecule has 162 valence electrons. The van der Waals surface area contributed by atoms with Crippen LogP contribution in [0.4, 0.5) is 4.39 Å². The Hall–Kier alpha value is -3.17. The number of halogens is 1. The van der Waals surface area contributed by atoms with Gasteiger partial charge in [-0.2, -0.15) is 0 Å². The van der Waals surface area contributed by atoms with Gasteiger partial charge in [-0.1, -0.05) is 11.3 Å². The van der Waals surface area contributed by atoms with Crippen molar-refractivity contribution in [2.75, 3.05) is 6.61 Å². The lowest BCUT2D eigenvalue weighted by molar-refractivity contribution is -0.0912. The second-order valence-corrected chi connectivity index (χ2v) is 7.51. The van der Waals surface area contributed by atoms with Gasteiger partial charge in [-0.15, -0.1) is 5.10 Å². The molecule has 3 heterocycles. The molecule has 31 heavy (non-hydrogen) atoms. The molecule has 3 atom stereocenters. The molecule has 8 nitrogen and oxygen atoms in total. The van der Waals surface area contributed by atoms with E-state index in [1.54, 1.807) is 10.9 Å². The summed E-state index contributed by atoms with van der Waals surface area (Å²) < 4.78 is 20.8. The average Bonchev–Trinajstić information content (AvgIpc) is 3.28. The van der Waals surface area contributed by atoms with E-state index in [1.165, 1.54) is 24.3 Å². The SMILES string of the molecule is O=C(N[C@H]1CC[C@H](CCn2cc(-c3ccccn3)nn2)O[C@H]1CO)c1ccc(F)cc1. The molecule has 1 aliphatic heterocycles. The van der Waals surface area contributed by atoms with Crippen LogP contribution in [0.2, 0.25) is 0 Å². The van der Waals surface area contributed by atoms with Gasteiger partial charge >= 0.3 is 0 Å². The number of hydrogen-bond donors (Lipinski definition) is 2. The molecule has 0 spiro atoms. The highest BCUT2D eigenvalue weighted by Crippen LogP contribution is 2.23. The quantitative estimate of drug-likeness (QED) is 0.602. The molecule has 1 aliphatic rings. The first-order chi connectivity index (χ1) is 15.1. The molecule has 2 N–H and O–H groups in total. The van der Waals surface area contributed by atoms with Crippen molar-refractivity contribution < 1.29 is 19.0 Å². The minimum Gasteiger partial charge on any atom is -0.394 e. The number of aliphatic hydroxyl groups is 1. The summed E-state index contributed by atoms with van der Waals surface area (Å²) in [5.74, 6) is -0.705. The number of hydrogen-bond acceptors (Lipinski definition) is 6. The Bertz CT molecular complexity index is 996. The Morgan fingerprint density at radius 1 is 1.19 bits per heavy atom. The summed E-state index contributed by atoms with van der Waals surface area (Å²) in [6.07, 6.45) is 5.14. The molecule has 0 unspecified atom stereocenters. The Kier molecular flexibility index (Phi) is 6.63. The molecule has 0 radical (unpaired) electrons. The van der Waals surface area contributed by atoms with E-state index in [1.807, 2.05) is 24.4 Å². The normalized spacial score (nSPS) is 21.0. The number of aromatic nitrogens is 4. The zero-order valence-electron chi connectivity index (χ0n) is 16.9. The van der Waals surface area contributed by atoms with Crippen molar-refractivity contribution in [1.82, 2.24) is 25.3 Å². The fraction of sp³-hybridized carbons (Fsp3) is 0.364.